The predicted octanol–water partition coefficient (Wildman–Crippen LogP) is 4.96. The second-order valence-electron chi connectivity index (χ2n) is 8.02. The first-order valence-corrected chi connectivity index (χ1v) is 14.0. The molecule has 4 rings (SSSR count). The minimum Gasteiger partial charge on any atom is -0.493 e. The average Bonchev–Trinajstić information content (AvgIpc) is 3.32. The molecule has 0 saturated carbocycles. The molecule has 1 aromatic heterocycles. The zero-order valence-electron chi connectivity index (χ0n) is 19.3. The van der Waals surface area contributed by atoms with Crippen molar-refractivity contribution in [1.82, 2.24) is 4.98 Å². The molecule has 1 saturated heterocycles. The third-order valence-corrected chi connectivity index (χ3v) is 9.70. The van der Waals surface area contributed by atoms with E-state index in [9.17, 15) is 8.42 Å². The predicted molar refractivity (Wildman–Crippen MR) is 138 cm³/mol. The summed E-state index contributed by atoms with van der Waals surface area (Å²) >= 11 is 4.94. The quantitative estimate of drug-likeness (QED) is 0.381. The minimum absolute atomic E-state index is 0.372. The van der Waals surface area contributed by atoms with Crippen LogP contribution in [-0.2, 0) is 16.3 Å². The van der Waals surface area contributed by atoms with E-state index >= 15 is 0 Å². The number of thiazole rings is 1. The van der Waals surface area contributed by atoms with E-state index in [4.69, 9.17) is 19.2 Å². The van der Waals surface area contributed by atoms with Crippen LogP contribution in [0.4, 0.5) is 5.13 Å². The number of piperidine rings is 1. The lowest BCUT2D eigenvalue weighted by atomic mass is 10.1. The fourth-order valence-corrected chi connectivity index (χ4v) is 7.02. The van der Waals surface area contributed by atoms with Crippen molar-refractivity contribution < 1.29 is 22.6 Å². The van der Waals surface area contributed by atoms with E-state index in [1.165, 1.54) is 0 Å². The van der Waals surface area contributed by atoms with Crippen molar-refractivity contribution in [2.75, 3.05) is 39.3 Å². The summed E-state index contributed by atoms with van der Waals surface area (Å²) < 4.78 is 43.2. The van der Waals surface area contributed by atoms with Gasteiger partial charge in [-0.3, -0.25) is 0 Å². The molecule has 2 aromatic carbocycles. The van der Waals surface area contributed by atoms with E-state index in [-0.39, 0.29) is 5.25 Å². The number of benzene rings is 2. The fraction of sp³-hybridized carbons (Fsp3) is 0.375. The lowest BCUT2D eigenvalue weighted by Crippen LogP contribution is -2.39. The Morgan fingerprint density at radius 2 is 1.65 bits per heavy atom. The molecule has 7 nitrogen and oxygen atoms in total. The smallest absolute Gasteiger partial charge is 0.203 e. The van der Waals surface area contributed by atoms with E-state index in [1.807, 2.05) is 17.5 Å². The molecule has 0 unspecified atom stereocenters. The maximum atomic E-state index is 13.0. The number of rotatable bonds is 8. The van der Waals surface area contributed by atoms with E-state index in [2.05, 4.69) is 20.8 Å². The highest BCUT2D eigenvalue weighted by atomic mass is 79.9. The van der Waals surface area contributed by atoms with Crippen molar-refractivity contribution in [3.8, 4) is 17.2 Å². The van der Waals surface area contributed by atoms with Gasteiger partial charge in [-0.1, -0.05) is 15.9 Å². The van der Waals surface area contributed by atoms with Crippen LogP contribution in [0.3, 0.4) is 0 Å². The second-order valence-corrected chi connectivity index (χ2v) is 12.0. The van der Waals surface area contributed by atoms with E-state index in [1.54, 1.807) is 56.9 Å². The van der Waals surface area contributed by atoms with Gasteiger partial charge in [0.15, 0.2) is 26.5 Å². The highest BCUT2D eigenvalue weighted by Crippen LogP contribution is 2.39. The molecule has 0 atom stereocenters. The molecule has 3 aromatic rings. The van der Waals surface area contributed by atoms with Crippen LogP contribution in [0.2, 0.25) is 0 Å². The van der Waals surface area contributed by atoms with Gasteiger partial charge in [-0.2, -0.15) is 0 Å². The zero-order valence-corrected chi connectivity index (χ0v) is 22.5. The van der Waals surface area contributed by atoms with Gasteiger partial charge < -0.3 is 19.1 Å². The fourth-order valence-electron chi connectivity index (χ4n) is 4.14. The van der Waals surface area contributed by atoms with Crippen LogP contribution in [-0.4, -0.2) is 53.1 Å². The number of hydrogen-bond donors (Lipinski definition) is 0. The molecule has 0 N–H and O–H groups in total. The van der Waals surface area contributed by atoms with Crippen LogP contribution in [0.25, 0.3) is 0 Å². The highest BCUT2D eigenvalue weighted by molar-refractivity contribution is 9.10. The molecule has 34 heavy (non-hydrogen) atoms. The van der Waals surface area contributed by atoms with Gasteiger partial charge in [-0.25, -0.2) is 13.4 Å². The van der Waals surface area contributed by atoms with Crippen LogP contribution in [0, 0.1) is 0 Å². The highest BCUT2D eigenvalue weighted by Gasteiger charge is 2.32. The second kappa shape index (κ2) is 10.5. The normalized spacial score (nSPS) is 14.8. The van der Waals surface area contributed by atoms with Gasteiger partial charge in [-0.15, -0.1) is 11.3 Å². The summed E-state index contributed by atoms with van der Waals surface area (Å²) in [5.41, 5.74) is 1.95. The Kier molecular flexibility index (Phi) is 7.69. The van der Waals surface area contributed by atoms with E-state index in [0.29, 0.717) is 54.5 Å². The number of ether oxygens (including phenoxy) is 3. The first-order chi connectivity index (χ1) is 16.3. The SMILES string of the molecule is COc1cc(Cc2csc(N3CCC(S(=O)(=O)c4ccc(Br)cc4)CC3)n2)cc(OC)c1OC. The summed E-state index contributed by atoms with van der Waals surface area (Å²) in [7, 11) is 1.45. The number of halogens is 1. The number of anilines is 1. The van der Waals surface area contributed by atoms with E-state index in [0.717, 1.165) is 20.9 Å². The van der Waals surface area contributed by atoms with Crippen molar-refractivity contribution in [3.63, 3.8) is 0 Å². The van der Waals surface area contributed by atoms with Crippen molar-refractivity contribution in [2.45, 2.75) is 29.4 Å². The van der Waals surface area contributed by atoms with Crippen LogP contribution < -0.4 is 19.1 Å². The largest absolute Gasteiger partial charge is 0.493 e. The molecule has 2 heterocycles. The van der Waals surface area contributed by atoms with Crippen LogP contribution in [0.1, 0.15) is 24.1 Å². The van der Waals surface area contributed by atoms with Crippen molar-refractivity contribution in [1.29, 1.82) is 0 Å². The summed E-state index contributed by atoms with van der Waals surface area (Å²) in [5, 5.41) is 2.59. The molecular formula is C24H27BrN2O5S2. The number of nitrogens with zero attached hydrogens (tertiary/aromatic N) is 2. The third kappa shape index (κ3) is 5.18. The summed E-state index contributed by atoms with van der Waals surface area (Å²) in [5.74, 6) is 1.79. The molecule has 0 bridgehead atoms. The van der Waals surface area contributed by atoms with Crippen molar-refractivity contribution >= 4 is 42.2 Å². The minimum atomic E-state index is -3.34. The van der Waals surface area contributed by atoms with Crippen LogP contribution in [0.15, 0.2) is 51.1 Å². The van der Waals surface area contributed by atoms with Gasteiger partial charge in [0.2, 0.25) is 5.75 Å². The monoisotopic (exact) mass is 566 g/mol. The average molecular weight is 568 g/mol. The lowest BCUT2D eigenvalue weighted by molar-refractivity contribution is 0.324. The number of aromatic nitrogens is 1. The van der Waals surface area contributed by atoms with E-state index < -0.39 is 9.84 Å². The van der Waals surface area contributed by atoms with Gasteiger partial charge >= 0.3 is 0 Å². The molecule has 10 heteroatoms. The molecule has 0 amide bonds. The van der Waals surface area contributed by atoms with Gasteiger partial charge in [0.1, 0.15) is 0 Å². The Bertz CT molecular complexity index is 1210. The molecule has 0 spiro atoms. The Morgan fingerprint density at radius 1 is 1.03 bits per heavy atom. The summed E-state index contributed by atoms with van der Waals surface area (Å²) in [4.78, 5) is 7.38. The molecule has 1 aliphatic rings. The zero-order chi connectivity index (χ0) is 24.3. The summed E-state index contributed by atoms with van der Waals surface area (Å²) in [6.45, 7) is 1.33. The number of hydrogen-bond acceptors (Lipinski definition) is 8. The maximum absolute atomic E-state index is 13.0. The Labute approximate surface area is 212 Å². The first-order valence-electron chi connectivity index (χ1n) is 10.8. The third-order valence-electron chi connectivity index (χ3n) is 5.94. The standard InChI is InChI=1S/C24H27BrN2O5S2/c1-30-21-13-16(14-22(31-2)23(21)32-3)12-18-15-33-24(26-18)27-10-8-20(9-11-27)34(28,29)19-6-4-17(25)5-7-19/h4-7,13-15,20H,8-12H2,1-3H3. The topological polar surface area (TPSA) is 78.0 Å². The Hall–Kier alpha value is -2.30. The molecule has 182 valence electrons. The van der Waals surface area contributed by atoms with Crippen molar-refractivity contribution in [2.24, 2.45) is 0 Å². The summed E-state index contributed by atoms with van der Waals surface area (Å²) in [6.07, 6.45) is 1.79. The lowest BCUT2D eigenvalue weighted by Gasteiger charge is -2.31. The van der Waals surface area contributed by atoms with Gasteiger partial charge in [0.25, 0.3) is 0 Å². The Balaban J connectivity index is 1.42. The maximum Gasteiger partial charge on any atom is 0.203 e. The summed E-state index contributed by atoms with van der Waals surface area (Å²) in [6, 6.07) is 10.7. The molecule has 0 radical (unpaired) electrons. The molecule has 0 aliphatic carbocycles. The number of methoxy groups -OCH3 is 3. The Morgan fingerprint density at radius 3 is 2.21 bits per heavy atom. The van der Waals surface area contributed by atoms with Gasteiger partial charge in [0.05, 0.1) is 37.2 Å². The van der Waals surface area contributed by atoms with Crippen LogP contribution in [0.5, 0.6) is 17.2 Å². The van der Waals surface area contributed by atoms with Gasteiger partial charge in [0, 0.05) is 29.4 Å². The molecular weight excluding hydrogens is 540 g/mol. The first kappa shape index (κ1) is 24.8. The molecule has 1 fully saturated rings. The van der Waals surface area contributed by atoms with Crippen LogP contribution >= 0.6 is 27.3 Å². The molecule has 1 aliphatic heterocycles. The van der Waals surface area contributed by atoms with Gasteiger partial charge in [-0.05, 0) is 54.8 Å². The number of sulfone groups is 1. The van der Waals surface area contributed by atoms with Crippen molar-refractivity contribution in [3.05, 3.63) is 57.5 Å².